The van der Waals surface area contributed by atoms with Crippen LogP contribution in [0.1, 0.15) is 18.7 Å². The molecule has 2 amide bonds. The molecule has 2 aromatic carbocycles. The highest BCUT2D eigenvalue weighted by molar-refractivity contribution is 6.30. The maximum absolute atomic E-state index is 12.7. The molecule has 156 valence electrons. The van der Waals surface area contributed by atoms with Crippen molar-refractivity contribution in [1.29, 1.82) is 0 Å². The molecule has 8 heteroatoms. The fraction of sp³-hybridized carbons (Fsp3) is 0.318. The molecule has 30 heavy (non-hydrogen) atoms. The first-order chi connectivity index (χ1) is 14.6. The molecule has 0 bridgehead atoms. The minimum absolute atomic E-state index is 0.0781. The second-order valence-corrected chi connectivity index (χ2v) is 7.65. The van der Waals surface area contributed by atoms with Crippen molar-refractivity contribution in [2.24, 2.45) is 0 Å². The number of hydrogen-bond donors (Lipinski definition) is 1. The summed E-state index contributed by atoms with van der Waals surface area (Å²) in [5.74, 6) is 1.02. The molecule has 3 aromatic rings. The highest BCUT2D eigenvalue weighted by Gasteiger charge is 2.21. The minimum atomic E-state index is -0.269. The Kier molecular flexibility index (Phi) is 6.18. The number of nitrogens with zero attached hydrogens (tertiary/aromatic N) is 3. The molecule has 2 heterocycles. The predicted molar refractivity (Wildman–Crippen MR) is 114 cm³/mol. The van der Waals surface area contributed by atoms with Gasteiger partial charge in [0.05, 0.1) is 17.6 Å². The lowest BCUT2D eigenvalue weighted by atomic mass is 10.3. The van der Waals surface area contributed by atoms with Crippen molar-refractivity contribution in [1.82, 2.24) is 19.8 Å². The summed E-state index contributed by atoms with van der Waals surface area (Å²) >= 11 is 5.85. The zero-order valence-corrected chi connectivity index (χ0v) is 17.3. The topological polar surface area (TPSA) is 76.5 Å². The minimum Gasteiger partial charge on any atom is -0.484 e. The summed E-state index contributed by atoms with van der Waals surface area (Å²) in [6, 6.07) is 14.5. The Morgan fingerprint density at radius 1 is 1.07 bits per heavy atom. The number of amides is 2. The van der Waals surface area contributed by atoms with Crippen molar-refractivity contribution in [3.05, 3.63) is 59.4 Å². The van der Waals surface area contributed by atoms with Crippen molar-refractivity contribution < 1.29 is 14.3 Å². The smallest absolute Gasteiger partial charge is 0.258 e. The Hall–Kier alpha value is -3.06. The molecule has 1 aromatic heterocycles. The quantitative estimate of drug-likeness (QED) is 0.630. The SMILES string of the molecule is O=C(COc1ccc(Cl)cc1)NCc1nc2ccccc2n1CC(=O)N1CCCC1. The predicted octanol–water partition coefficient (Wildman–Crippen LogP) is 3.01. The summed E-state index contributed by atoms with van der Waals surface area (Å²) in [6.45, 7) is 1.92. The van der Waals surface area contributed by atoms with E-state index in [4.69, 9.17) is 16.3 Å². The maximum Gasteiger partial charge on any atom is 0.258 e. The summed E-state index contributed by atoms with van der Waals surface area (Å²) < 4.78 is 7.36. The van der Waals surface area contributed by atoms with Gasteiger partial charge in [0.25, 0.3) is 5.91 Å². The van der Waals surface area contributed by atoms with Crippen LogP contribution in [0.4, 0.5) is 0 Å². The molecule has 1 aliphatic rings. The average Bonchev–Trinajstić information content (AvgIpc) is 3.41. The Morgan fingerprint density at radius 2 is 1.80 bits per heavy atom. The van der Waals surface area contributed by atoms with E-state index in [1.807, 2.05) is 33.7 Å². The highest BCUT2D eigenvalue weighted by Crippen LogP contribution is 2.18. The fourth-order valence-corrected chi connectivity index (χ4v) is 3.67. The number of carbonyl (C=O) groups excluding carboxylic acids is 2. The molecular weight excluding hydrogens is 404 g/mol. The zero-order valence-electron chi connectivity index (χ0n) is 16.5. The van der Waals surface area contributed by atoms with Crippen LogP contribution in [-0.4, -0.2) is 46.0 Å². The zero-order chi connectivity index (χ0) is 20.9. The molecule has 1 N–H and O–H groups in total. The van der Waals surface area contributed by atoms with E-state index in [-0.39, 0.29) is 31.5 Å². The molecule has 0 unspecified atom stereocenters. The standard InChI is InChI=1S/C22H23ClN4O3/c23-16-7-9-17(10-8-16)30-15-21(28)24-13-20-25-18-5-1-2-6-19(18)27(20)14-22(29)26-11-3-4-12-26/h1-2,5-10H,3-4,11-15H2,(H,24,28). The fourth-order valence-electron chi connectivity index (χ4n) is 3.55. The molecule has 1 aliphatic heterocycles. The van der Waals surface area contributed by atoms with Gasteiger partial charge < -0.3 is 19.5 Å². The third kappa shape index (κ3) is 4.74. The number of aromatic nitrogens is 2. The highest BCUT2D eigenvalue weighted by atomic mass is 35.5. The molecule has 0 aliphatic carbocycles. The second-order valence-electron chi connectivity index (χ2n) is 7.21. The number of likely N-dealkylation sites (tertiary alicyclic amines) is 1. The monoisotopic (exact) mass is 426 g/mol. The van der Waals surface area contributed by atoms with E-state index in [0.29, 0.717) is 16.6 Å². The van der Waals surface area contributed by atoms with E-state index < -0.39 is 0 Å². The summed E-state index contributed by atoms with van der Waals surface area (Å²) in [5.41, 5.74) is 1.68. The number of halogens is 1. The van der Waals surface area contributed by atoms with Crippen LogP contribution >= 0.6 is 11.6 Å². The number of benzene rings is 2. The van der Waals surface area contributed by atoms with Crippen molar-refractivity contribution in [3.63, 3.8) is 0 Å². The van der Waals surface area contributed by atoms with Crippen molar-refractivity contribution >= 4 is 34.4 Å². The van der Waals surface area contributed by atoms with Gasteiger partial charge in [-0.2, -0.15) is 0 Å². The van der Waals surface area contributed by atoms with Crippen molar-refractivity contribution in [2.75, 3.05) is 19.7 Å². The second kappa shape index (κ2) is 9.17. The van der Waals surface area contributed by atoms with Crippen LogP contribution in [0.15, 0.2) is 48.5 Å². The number of carbonyl (C=O) groups is 2. The largest absolute Gasteiger partial charge is 0.484 e. The number of hydrogen-bond acceptors (Lipinski definition) is 4. The van der Waals surface area contributed by atoms with Gasteiger partial charge in [-0.25, -0.2) is 4.98 Å². The number of nitrogens with one attached hydrogen (secondary N) is 1. The lowest BCUT2D eigenvalue weighted by Gasteiger charge is -2.17. The van der Waals surface area contributed by atoms with E-state index in [0.717, 1.165) is 37.0 Å². The molecule has 0 saturated carbocycles. The van der Waals surface area contributed by atoms with Crippen LogP contribution in [0.5, 0.6) is 5.75 Å². The Morgan fingerprint density at radius 3 is 2.57 bits per heavy atom. The number of rotatable bonds is 7. The molecule has 0 atom stereocenters. The lowest BCUT2D eigenvalue weighted by molar-refractivity contribution is -0.130. The van der Waals surface area contributed by atoms with Crippen LogP contribution < -0.4 is 10.1 Å². The average molecular weight is 427 g/mol. The Bertz CT molecular complexity index is 1040. The van der Waals surface area contributed by atoms with Crippen LogP contribution in [-0.2, 0) is 22.7 Å². The van der Waals surface area contributed by atoms with Gasteiger partial charge in [-0.1, -0.05) is 23.7 Å². The molecule has 0 radical (unpaired) electrons. The van der Waals surface area contributed by atoms with Gasteiger partial charge in [0.1, 0.15) is 18.1 Å². The first-order valence-corrected chi connectivity index (χ1v) is 10.3. The van der Waals surface area contributed by atoms with E-state index in [2.05, 4.69) is 10.3 Å². The van der Waals surface area contributed by atoms with E-state index in [1.54, 1.807) is 24.3 Å². The summed E-state index contributed by atoms with van der Waals surface area (Å²) in [5, 5.41) is 3.43. The number of imidazole rings is 1. The number of para-hydroxylation sites is 2. The van der Waals surface area contributed by atoms with E-state index in [1.165, 1.54) is 0 Å². The van der Waals surface area contributed by atoms with Gasteiger partial charge in [0.2, 0.25) is 5.91 Å². The van der Waals surface area contributed by atoms with Crippen molar-refractivity contribution in [2.45, 2.75) is 25.9 Å². The van der Waals surface area contributed by atoms with Gasteiger partial charge in [-0.05, 0) is 49.2 Å². The van der Waals surface area contributed by atoms with Crippen LogP contribution in [0, 0.1) is 0 Å². The van der Waals surface area contributed by atoms with Crippen molar-refractivity contribution in [3.8, 4) is 5.75 Å². The number of fused-ring (bicyclic) bond motifs is 1. The molecule has 1 fully saturated rings. The maximum atomic E-state index is 12.7. The molecule has 1 saturated heterocycles. The molecule has 0 spiro atoms. The van der Waals surface area contributed by atoms with E-state index in [9.17, 15) is 9.59 Å². The van der Waals surface area contributed by atoms with Gasteiger partial charge >= 0.3 is 0 Å². The van der Waals surface area contributed by atoms with Gasteiger partial charge in [0, 0.05) is 18.1 Å². The first kappa shape index (κ1) is 20.2. The number of ether oxygens (including phenoxy) is 1. The summed E-state index contributed by atoms with van der Waals surface area (Å²) in [6.07, 6.45) is 2.10. The van der Waals surface area contributed by atoms with Gasteiger partial charge in [-0.15, -0.1) is 0 Å². The lowest BCUT2D eigenvalue weighted by Crippen LogP contribution is -2.33. The third-order valence-electron chi connectivity index (χ3n) is 5.11. The van der Waals surface area contributed by atoms with Gasteiger partial charge in [0.15, 0.2) is 6.61 Å². The molecular formula is C22H23ClN4O3. The van der Waals surface area contributed by atoms with Crippen LogP contribution in [0.25, 0.3) is 11.0 Å². The summed E-state index contributed by atoms with van der Waals surface area (Å²) in [7, 11) is 0. The van der Waals surface area contributed by atoms with Crippen LogP contribution in [0.3, 0.4) is 0 Å². The Labute approximate surface area is 179 Å². The Balaban J connectivity index is 1.41. The molecule has 4 rings (SSSR count). The third-order valence-corrected chi connectivity index (χ3v) is 5.36. The summed E-state index contributed by atoms with van der Waals surface area (Å²) in [4.78, 5) is 31.4. The van der Waals surface area contributed by atoms with Gasteiger partial charge in [-0.3, -0.25) is 9.59 Å². The van der Waals surface area contributed by atoms with Crippen LogP contribution in [0.2, 0.25) is 5.02 Å². The normalized spacial score (nSPS) is 13.6. The van der Waals surface area contributed by atoms with E-state index >= 15 is 0 Å². The first-order valence-electron chi connectivity index (χ1n) is 9.97. The molecule has 7 nitrogen and oxygen atoms in total.